The smallest absolute Gasteiger partial charge is 0.351 e. The maximum Gasteiger partial charge on any atom is 0.351 e. The Bertz CT molecular complexity index is 664. The Balaban J connectivity index is 2.51. The van der Waals surface area contributed by atoms with E-state index < -0.39 is 29.4 Å². The van der Waals surface area contributed by atoms with E-state index in [0.717, 1.165) is 5.56 Å². The lowest BCUT2D eigenvalue weighted by atomic mass is 9.73. The van der Waals surface area contributed by atoms with Gasteiger partial charge in [-0.25, -0.2) is 4.79 Å². The van der Waals surface area contributed by atoms with Crippen molar-refractivity contribution in [1.82, 2.24) is 0 Å². The van der Waals surface area contributed by atoms with Crippen molar-refractivity contribution in [1.29, 1.82) is 0 Å². The van der Waals surface area contributed by atoms with Gasteiger partial charge in [0, 0.05) is 10.9 Å². The Labute approximate surface area is 146 Å². The van der Waals surface area contributed by atoms with Crippen LogP contribution in [0.1, 0.15) is 39.2 Å². The first-order valence-electron chi connectivity index (χ1n) is 7.72. The predicted molar refractivity (Wildman–Crippen MR) is 89.8 cm³/mol. The topological polar surface area (TPSA) is 72.8 Å². The summed E-state index contributed by atoms with van der Waals surface area (Å²) in [6.07, 6.45) is 1.35. The molecule has 3 unspecified atom stereocenters. The van der Waals surface area contributed by atoms with Crippen molar-refractivity contribution in [3.05, 3.63) is 46.7 Å². The van der Waals surface area contributed by atoms with Crippen molar-refractivity contribution >= 4 is 23.5 Å². The molecule has 1 N–H and O–H groups in total. The van der Waals surface area contributed by atoms with Crippen LogP contribution in [0, 0.1) is 5.92 Å². The number of carbonyl (C=O) groups is 2. The second-order valence-electron chi connectivity index (χ2n) is 6.33. The van der Waals surface area contributed by atoms with Crippen molar-refractivity contribution in [2.75, 3.05) is 0 Å². The fourth-order valence-corrected chi connectivity index (χ4v) is 3.11. The molecule has 0 fully saturated rings. The first kappa shape index (κ1) is 18.3. The predicted octanol–water partition coefficient (Wildman–Crippen LogP) is 3.77. The monoisotopic (exact) mass is 352 g/mol. The summed E-state index contributed by atoms with van der Waals surface area (Å²) in [6.45, 7) is 6.58. The lowest BCUT2D eigenvalue weighted by Gasteiger charge is -2.41. The van der Waals surface area contributed by atoms with Gasteiger partial charge >= 0.3 is 11.9 Å². The molecule has 2 rings (SSSR count). The van der Waals surface area contributed by atoms with E-state index in [1.165, 1.54) is 6.92 Å². The summed E-state index contributed by atoms with van der Waals surface area (Å²) in [4.78, 5) is 24.5. The molecule has 0 radical (unpaired) electrons. The van der Waals surface area contributed by atoms with E-state index >= 15 is 0 Å². The minimum atomic E-state index is -1.61. The molecule has 0 aliphatic carbocycles. The average molecular weight is 353 g/mol. The van der Waals surface area contributed by atoms with E-state index in [-0.39, 0.29) is 6.10 Å². The lowest BCUT2D eigenvalue weighted by Crippen LogP contribution is -2.54. The molecule has 0 spiro atoms. The molecule has 5 nitrogen and oxygen atoms in total. The third-order valence-electron chi connectivity index (χ3n) is 4.01. The molecular formula is C18H21ClO5. The van der Waals surface area contributed by atoms with Crippen LogP contribution in [0.4, 0.5) is 0 Å². The molecule has 1 aliphatic rings. The van der Waals surface area contributed by atoms with Crippen LogP contribution in [0.25, 0.3) is 0 Å². The number of aliphatic carboxylic acids is 1. The van der Waals surface area contributed by atoms with Crippen LogP contribution in [-0.2, 0) is 19.1 Å². The number of ether oxygens (including phenoxy) is 2. The molecular weight excluding hydrogens is 332 g/mol. The number of carbonyl (C=O) groups excluding carboxylic acids is 1. The lowest BCUT2D eigenvalue weighted by molar-refractivity contribution is -0.186. The van der Waals surface area contributed by atoms with Gasteiger partial charge in [0.25, 0.3) is 0 Å². The van der Waals surface area contributed by atoms with Crippen molar-refractivity contribution in [2.45, 2.75) is 45.3 Å². The molecule has 1 aliphatic heterocycles. The van der Waals surface area contributed by atoms with Crippen LogP contribution < -0.4 is 0 Å². The van der Waals surface area contributed by atoms with Gasteiger partial charge in [0.15, 0.2) is 0 Å². The number of hydrogen-bond donors (Lipinski definition) is 1. The van der Waals surface area contributed by atoms with Gasteiger partial charge in [-0.1, -0.05) is 23.7 Å². The highest BCUT2D eigenvalue weighted by Gasteiger charge is 2.55. The largest absolute Gasteiger partial charge is 0.481 e. The van der Waals surface area contributed by atoms with E-state index in [4.69, 9.17) is 21.1 Å². The first-order chi connectivity index (χ1) is 11.1. The SMILES string of the molecule is CC1=CC(c2ccc(Cl)cc2)C(C(=O)O)C(C)(C(=O)OC(C)C)O1. The van der Waals surface area contributed by atoms with E-state index in [1.54, 1.807) is 51.1 Å². The van der Waals surface area contributed by atoms with Gasteiger partial charge in [0.1, 0.15) is 5.92 Å². The Morgan fingerprint density at radius 2 is 1.88 bits per heavy atom. The quantitative estimate of drug-likeness (QED) is 0.835. The molecule has 0 aromatic heterocycles. The summed E-state index contributed by atoms with van der Waals surface area (Å²) in [7, 11) is 0. The minimum Gasteiger partial charge on any atom is -0.481 e. The van der Waals surface area contributed by atoms with Crippen molar-refractivity contribution in [3.8, 4) is 0 Å². The highest BCUT2D eigenvalue weighted by Crippen LogP contribution is 2.43. The molecule has 24 heavy (non-hydrogen) atoms. The molecule has 1 aromatic carbocycles. The third kappa shape index (κ3) is 3.56. The standard InChI is InChI=1S/C18H21ClO5/c1-10(2)23-17(22)18(4)15(16(20)21)14(9-11(3)24-18)12-5-7-13(19)8-6-12/h5-10,14-15H,1-4H3,(H,20,21). The van der Waals surface area contributed by atoms with Crippen LogP contribution in [0.2, 0.25) is 5.02 Å². The molecule has 0 amide bonds. The van der Waals surface area contributed by atoms with E-state index in [0.29, 0.717) is 10.8 Å². The number of hydrogen-bond acceptors (Lipinski definition) is 4. The van der Waals surface area contributed by atoms with Crippen molar-refractivity contribution in [2.24, 2.45) is 5.92 Å². The van der Waals surface area contributed by atoms with Gasteiger partial charge in [0.2, 0.25) is 5.60 Å². The zero-order chi connectivity index (χ0) is 18.1. The molecule has 0 saturated carbocycles. The second-order valence-corrected chi connectivity index (χ2v) is 6.77. The second kappa shape index (κ2) is 6.85. The number of rotatable bonds is 4. The number of halogens is 1. The minimum absolute atomic E-state index is 0.368. The highest BCUT2D eigenvalue weighted by atomic mass is 35.5. The molecule has 0 saturated heterocycles. The molecule has 1 aromatic rings. The van der Waals surface area contributed by atoms with Gasteiger partial charge in [-0.15, -0.1) is 0 Å². The first-order valence-corrected chi connectivity index (χ1v) is 8.09. The van der Waals surface area contributed by atoms with Crippen LogP contribution in [0.15, 0.2) is 36.1 Å². The highest BCUT2D eigenvalue weighted by molar-refractivity contribution is 6.30. The van der Waals surface area contributed by atoms with Crippen molar-refractivity contribution in [3.63, 3.8) is 0 Å². The molecule has 3 atom stereocenters. The molecule has 6 heteroatoms. The van der Waals surface area contributed by atoms with Crippen LogP contribution in [-0.4, -0.2) is 28.8 Å². The molecule has 0 bridgehead atoms. The van der Waals surface area contributed by atoms with Crippen LogP contribution in [0.3, 0.4) is 0 Å². The maximum atomic E-state index is 12.6. The summed E-state index contributed by atoms with van der Waals surface area (Å²) in [5.41, 5.74) is -0.864. The maximum absolute atomic E-state index is 12.6. The number of benzene rings is 1. The number of carboxylic acid groups (broad SMARTS) is 1. The van der Waals surface area contributed by atoms with Crippen LogP contribution in [0.5, 0.6) is 0 Å². The normalized spacial score (nSPS) is 26.5. The Hall–Kier alpha value is -2.01. The Kier molecular flexibility index (Phi) is 5.23. The van der Waals surface area contributed by atoms with Gasteiger partial charge in [-0.2, -0.15) is 0 Å². The van der Waals surface area contributed by atoms with Gasteiger partial charge in [0.05, 0.1) is 11.9 Å². The summed E-state index contributed by atoms with van der Waals surface area (Å²) >= 11 is 5.91. The molecule has 130 valence electrons. The van der Waals surface area contributed by atoms with Gasteiger partial charge in [-0.3, -0.25) is 4.79 Å². The van der Waals surface area contributed by atoms with Gasteiger partial charge < -0.3 is 14.6 Å². The fraction of sp³-hybridized carbons (Fsp3) is 0.444. The number of allylic oxidation sites excluding steroid dienone is 2. The van der Waals surface area contributed by atoms with E-state index in [9.17, 15) is 14.7 Å². The number of esters is 1. The van der Waals surface area contributed by atoms with Crippen LogP contribution >= 0.6 is 11.6 Å². The average Bonchev–Trinajstić information content (AvgIpc) is 2.45. The van der Waals surface area contributed by atoms with Gasteiger partial charge in [-0.05, 0) is 51.5 Å². The summed E-state index contributed by atoms with van der Waals surface area (Å²) in [5.74, 6) is -2.97. The molecule has 1 heterocycles. The number of carboxylic acids is 1. The van der Waals surface area contributed by atoms with E-state index in [1.807, 2.05) is 0 Å². The van der Waals surface area contributed by atoms with E-state index in [2.05, 4.69) is 0 Å². The summed E-state index contributed by atoms with van der Waals surface area (Å²) in [6, 6.07) is 6.90. The summed E-state index contributed by atoms with van der Waals surface area (Å²) in [5, 5.41) is 10.3. The Morgan fingerprint density at radius 3 is 2.38 bits per heavy atom. The Morgan fingerprint density at radius 1 is 1.29 bits per heavy atom. The zero-order valence-corrected chi connectivity index (χ0v) is 14.8. The van der Waals surface area contributed by atoms with Crippen molar-refractivity contribution < 1.29 is 24.2 Å². The zero-order valence-electron chi connectivity index (χ0n) is 14.1. The fourth-order valence-electron chi connectivity index (χ4n) is 2.99. The third-order valence-corrected chi connectivity index (χ3v) is 4.26. The summed E-state index contributed by atoms with van der Waals surface area (Å²) < 4.78 is 10.9.